The number of ether oxygens (including phenoxy) is 2. The molecule has 0 fully saturated rings. The number of carbonyl (C=O) groups is 1. The Balaban J connectivity index is 0.00000254. The molecular weight excluding hydrogens is 302 g/mol. The van der Waals surface area contributed by atoms with Gasteiger partial charge in [0.2, 0.25) is 0 Å². The lowest BCUT2D eigenvalue weighted by atomic mass is 9.81. The van der Waals surface area contributed by atoms with Crippen LogP contribution in [0.1, 0.15) is 66.0 Å². The standard InChI is InChI=1S/C18H29NO3.C2H6/c1-13-12-14(8-9-15(13)21-7)18(5,6)10-11-19-16(20)22-17(2,3)4;1-2/h8-9,12H,10-11H2,1-7H3,(H,19,20);1-2H3. The molecule has 0 spiro atoms. The van der Waals surface area contributed by atoms with Crippen LogP contribution < -0.4 is 10.1 Å². The first-order valence-electron chi connectivity index (χ1n) is 8.67. The molecule has 0 radical (unpaired) electrons. The van der Waals surface area contributed by atoms with E-state index in [-0.39, 0.29) is 11.5 Å². The Kier molecular flexibility index (Phi) is 8.87. The maximum Gasteiger partial charge on any atom is 0.407 e. The van der Waals surface area contributed by atoms with Gasteiger partial charge in [-0.3, -0.25) is 0 Å². The van der Waals surface area contributed by atoms with Crippen LogP contribution in [-0.4, -0.2) is 25.3 Å². The zero-order chi connectivity index (χ0) is 19.0. The molecule has 1 aromatic carbocycles. The fourth-order valence-corrected chi connectivity index (χ4v) is 2.23. The summed E-state index contributed by atoms with van der Waals surface area (Å²) in [6, 6.07) is 6.22. The summed E-state index contributed by atoms with van der Waals surface area (Å²) in [5.41, 5.74) is 1.85. The number of carbonyl (C=O) groups excluding carboxylic acids is 1. The molecule has 0 aromatic heterocycles. The summed E-state index contributed by atoms with van der Waals surface area (Å²) in [5.74, 6) is 0.895. The van der Waals surface area contributed by atoms with Crippen molar-refractivity contribution in [3.8, 4) is 5.75 Å². The van der Waals surface area contributed by atoms with Gasteiger partial charge in [0, 0.05) is 6.54 Å². The first kappa shape index (κ1) is 22.3. The van der Waals surface area contributed by atoms with Crippen LogP contribution in [0.3, 0.4) is 0 Å². The zero-order valence-corrected chi connectivity index (χ0v) is 16.9. The smallest absolute Gasteiger partial charge is 0.407 e. The van der Waals surface area contributed by atoms with Gasteiger partial charge in [-0.25, -0.2) is 4.79 Å². The van der Waals surface area contributed by atoms with Gasteiger partial charge in [-0.2, -0.15) is 0 Å². The monoisotopic (exact) mass is 337 g/mol. The molecule has 1 N–H and O–H groups in total. The van der Waals surface area contributed by atoms with Crippen LogP contribution in [0.15, 0.2) is 18.2 Å². The second kappa shape index (κ2) is 9.55. The van der Waals surface area contributed by atoms with E-state index in [9.17, 15) is 4.79 Å². The Morgan fingerprint density at radius 3 is 2.17 bits per heavy atom. The minimum Gasteiger partial charge on any atom is -0.496 e. The summed E-state index contributed by atoms with van der Waals surface area (Å²) in [4.78, 5) is 11.7. The van der Waals surface area contributed by atoms with E-state index in [1.165, 1.54) is 5.56 Å². The van der Waals surface area contributed by atoms with Gasteiger partial charge in [0.25, 0.3) is 0 Å². The molecule has 0 atom stereocenters. The quantitative estimate of drug-likeness (QED) is 0.801. The Hall–Kier alpha value is -1.71. The fourth-order valence-electron chi connectivity index (χ4n) is 2.23. The highest BCUT2D eigenvalue weighted by atomic mass is 16.6. The van der Waals surface area contributed by atoms with Crippen molar-refractivity contribution in [2.75, 3.05) is 13.7 Å². The summed E-state index contributed by atoms with van der Waals surface area (Å²) in [6.45, 7) is 16.5. The number of nitrogens with one attached hydrogen (secondary N) is 1. The minimum absolute atomic E-state index is 0.0357. The molecule has 0 heterocycles. The average Bonchev–Trinajstić information content (AvgIpc) is 2.47. The van der Waals surface area contributed by atoms with E-state index in [0.29, 0.717) is 6.54 Å². The first-order chi connectivity index (χ1) is 11.0. The van der Waals surface area contributed by atoms with Gasteiger partial charge in [-0.1, -0.05) is 39.8 Å². The lowest BCUT2D eigenvalue weighted by Crippen LogP contribution is -2.35. The molecule has 0 aliphatic heterocycles. The van der Waals surface area contributed by atoms with Crippen LogP contribution in [0.5, 0.6) is 5.75 Å². The Bertz CT molecular complexity index is 516. The van der Waals surface area contributed by atoms with E-state index < -0.39 is 5.60 Å². The van der Waals surface area contributed by atoms with E-state index in [2.05, 4.69) is 31.3 Å². The zero-order valence-electron chi connectivity index (χ0n) is 16.9. The lowest BCUT2D eigenvalue weighted by Gasteiger charge is -2.27. The molecule has 0 aliphatic rings. The molecule has 138 valence electrons. The van der Waals surface area contributed by atoms with Gasteiger partial charge >= 0.3 is 6.09 Å². The fraction of sp³-hybridized carbons (Fsp3) is 0.650. The summed E-state index contributed by atoms with van der Waals surface area (Å²) >= 11 is 0. The van der Waals surface area contributed by atoms with E-state index in [1.807, 2.05) is 47.6 Å². The van der Waals surface area contributed by atoms with E-state index >= 15 is 0 Å². The van der Waals surface area contributed by atoms with Crippen molar-refractivity contribution in [3.63, 3.8) is 0 Å². The molecule has 1 aromatic rings. The highest BCUT2D eigenvalue weighted by molar-refractivity contribution is 5.67. The molecule has 0 saturated carbocycles. The van der Waals surface area contributed by atoms with Crippen molar-refractivity contribution in [2.45, 2.75) is 72.8 Å². The number of amides is 1. The predicted molar refractivity (Wildman–Crippen MR) is 101 cm³/mol. The number of rotatable bonds is 5. The molecule has 1 rings (SSSR count). The summed E-state index contributed by atoms with van der Waals surface area (Å²) in [6.07, 6.45) is 0.465. The van der Waals surface area contributed by atoms with E-state index in [4.69, 9.17) is 9.47 Å². The SMILES string of the molecule is CC.COc1ccc(C(C)(C)CCNC(=O)OC(C)(C)C)cc1C. The Morgan fingerprint density at radius 2 is 1.71 bits per heavy atom. The second-order valence-electron chi connectivity index (χ2n) is 7.25. The normalized spacial score (nSPS) is 11.2. The van der Waals surface area contributed by atoms with Gasteiger partial charge in [0.15, 0.2) is 0 Å². The number of alkyl carbamates (subject to hydrolysis) is 1. The highest BCUT2D eigenvalue weighted by Gasteiger charge is 2.22. The predicted octanol–water partition coefficient (Wildman–Crippen LogP) is 5.22. The summed E-state index contributed by atoms with van der Waals surface area (Å²) in [5, 5.41) is 2.82. The third-order valence-electron chi connectivity index (χ3n) is 3.59. The number of hydrogen-bond donors (Lipinski definition) is 1. The molecule has 0 bridgehead atoms. The molecule has 4 nitrogen and oxygen atoms in total. The van der Waals surface area contributed by atoms with Gasteiger partial charge < -0.3 is 14.8 Å². The molecular formula is C20H35NO3. The van der Waals surface area contributed by atoms with Crippen LogP contribution in [0.25, 0.3) is 0 Å². The van der Waals surface area contributed by atoms with Crippen molar-refractivity contribution in [1.82, 2.24) is 5.32 Å². The lowest BCUT2D eigenvalue weighted by molar-refractivity contribution is 0.0525. The van der Waals surface area contributed by atoms with Gasteiger partial charge in [0.05, 0.1) is 7.11 Å². The Morgan fingerprint density at radius 1 is 1.12 bits per heavy atom. The van der Waals surface area contributed by atoms with E-state index in [0.717, 1.165) is 17.7 Å². The molecule has 4 heteroatoms. The summed E-state index contributed by atoms with van der Waals surface area (Å²) in [7, 11) is 1.68. The number of hydrogen-bond acceptors (Lipinski definition) is 3. The maximum atomic E-state index is 11.7. The largest absolute Gasteiger partial charge is 0.496 e. The number of aryl methyl sites for hydroxylation is 1. The minimum atomic E-state index is -0.466. The molecule has 24 heavy (non-hydrogen) atoms. The molecule has 0 unspecified atom stereocenters. The number of methoxy groups -OCH3 is 1. The van der Waals surface area contributed by atoms with Crippen LogP contribution in [0.2, 0.25) is 0 Å². The van der Waals surface area contributed by atoms with Gasteiger partial charge in [-0.15, -0.1) is 0 Å². The van der Waals surface area contributed by atoms with Crippen molar-refractivity contribution >= 4 is 6.09 Å². The van der Waals surface area contributed by atoms with Crippen LogP contribution in [-0.2, 0) is 10.2 Å². The van der Waals surface area contributed by atoms with Crippen molar-refractivity contribution in [2.24, 2.45) is 0 Å². The van der Waals surface area contributed by atoms with Crippen molar-refractivity contribution in [3.05, 3.63) is 29.3 Å². The third kappa shape index (κ3) is 7.71. The average molecular weight is 338 g/mol. The number of benzene rings is 1. The first-order valence-corrected chi connectivity index (χ1v) is 8.67. The molecule has 0 aliphatic carbocycles. The third-order valence-corrected chi connectivity index (χ3v) is 3.59. The van der Waals surface area contributed by atoms with E-state index in [1.54, 1.807) is 7.11 Å². The van der Waals surface area contributed by atoms with Crippen LogP contribution >= 0.6 is 0 Å². The van der Waals surface area contributed by atoms with Crippen molar-refractivity contribution < 1.29 is 14.3 Å². The topological polar surface area (TPSA) is 47.6 Å². The van der Waals surface area contributed by atoms with Crippen molar-refractivity contribution in [1.29, 1.82) is 0 Å². The highest BCUT2D eigenvalue weighted by Crippen LogP contribution is 2.30. The Labute approximate surface area is 147 Å². The maximum absolute atomic E-state index is 11.7. The van der Waals surface area contributed by atoms with Gasteiger partial charge in [-0.05, 0) is 56.7 Å². The van der Waals surface area contributed by atoms with Gasteiger partial charge in [0.1, 0.15) is 11.4 Å². The van der Waals surface area contributed by atoms with Crippen LogP contribution in [0, 0.1) is 6.92 Å². The molecule has 0 saturated heterocycles. The summed E-state index contributed by atoms with van der Waals surface area (Å²) < 4.78 is 10.5. The second-order valence-corrected chi connectivity index (χ2v) is 7.25. The van der Waals surface area contributed by atoms with Crippen LogP contribution in [0.4, 0.5) is 4.79 Å². The molecule has 1 amide bonds.